The normalized spacial score (nSPS) is 17.5. The minimum absolute atomic E-state index is 0.238. The van der Waals surface area contributed by atoms with Gasteiger partial charge in [0.25, 0.3) is 11.5 Å². The number of nitrogens with one attached hydrogen (secondary N) is 2. The third kappa shape index (κ3) is 6.35. The van der Waals surface area contributed by atoms with Gasteiger partial charge in [-0.2, -0.15) is 5.10 Å². The van der Waals surface area contributed by atoms with Crippen LogP contribution >= 0.6 is 0 Å². The Hall–Kier alpha value is -4.41. The van der Waals surface area contributed by atoms with E-state index in [9.17, 15) is 28.7 Å². The van der Waals surface area contributed by atoms with Gasteiger partial charge < -0.3 is 15.3 Å². The van der Waals surface area contributed by atoms with Crippen LogP contribution in [0, 0.1) is 25.1 Å². The van der Waals surface area contributed by atoms with Crippen LogP contribution in [0.3, 0.4) is 0 Å². The number of rotatable bonds is 10. The Labute approximate surface area is 249 Å². The van der Waals surface area contributed by atoms with Crippen molar-refractivity contribution in [1.29, 1.82) is 0 Å². The Bertz CT molecular complexity index is 1580. The van der Waals surface area contributed by atoms with E-state index in [1.807, 2.05) is 0 Å². The minimum Gasteiger partial charge on any atom is -0.481 e. The van der Waals surface area contributed by atoms with E-state index in [1.165, 1.54) is 18.3 Å². The largest absolute Gasteiger partial charge is 0.481 e. The maximum absolute atomic E-state index is 14.2. The summed E-state index contributed by atoms with van der Waals surface area (Å²) in [7, 11) is 0. The van der Waals surface area contributed by atoms with Gasteiger partial charge in [0.05, 0.1) is 22.7 Å². The summed E-state index contributed by atoms with van der Waals surface area (Å²) in [4.78, 5) is 58.0. The molecule has 3 heterocycles. The molecular formula is C32H38FN5O5. The topological polar surface area (TPSA) is 145 Å². The molecular weight excluding hydrogens is 553 g/mol. The SMILES string of the molecule is CCC(CC)(C(=O)O)[C@H]1CC[C@@H](c2cccc(F)c2)N1C(=O)[C@@H](C)NC(=O)c1cnc(Cc2cc(C)n[nH]c2=O)c(C)c1. The van der Waals surface area contributed by atoms with Gasteiger partial charge in [0, 0.05) is 29.9 Å². The highest BCUT2D eigenvalue weighted by molar-refractivity contribution is 5.97. The zero-order valence-electron chi connectivity index (χ0n) is 25.1. The Morgan fingerprint density at radius 2 is 1.88 bits per heavy atom. The lowest BCUT2D eigenvalue weighted by molar-refractivity contribution is -0.157. The molecule has 2 aromatic heterocycles. The molecule has 0 aliphatic carbocycles. The molecule has 43 heavy (non-hydrogen) atoms. The van der Waals surface area contributed by atoms with Crippen molar-refractivity contribution in [2.75, 3.05) is 0 Å². The van der Waals surface area contributed by atoms with E-state index in [1.54, 1.807) is 63.8 Å². The first-order valence-electron chi connectivity index (χ1n) is 14.5. The molecule has 3 atom stereocenters. The van der Waals surface area contributed by atoms with E-state index in [-0.39, 0.29) is 17.5 Å². The molecule has 0 saturated carbocycles. The lowest BCUT2D eigenvalue weighted by atomic mass is 9.74. The molecule has 0 unspecified atom stereocenters. The number of carbonyl (C=O) groups is 3. The number of carbonyl (C=O) groups excluding carboxylic acids is 2. The second-order valence-corrected chi connectivity index (χ2v) is 11.3. The fourth-order valence-corrected chi connectivity index (χ4v) is 6.22. The summed E-state index contributed by atoms with van der Waals surface area (Å²) < 4.78 is 14.2. The van der Waals surface area contributed by atoms with Gasteiger partial charge in [-0.3, -0.25) is 24.2 Å². The summed E-state index contributed by atoms with van der Waals surface area (Å²) in [6.45, 7) is 8.71. The lowest BCUT2D eigenvalue weighted by Crippen LogP contribution is -2.55. The molecule has 1 aliphatic heterocycles. The van der Waals surface area contributed by atoms with E-state index >= 15 is 0 Å². The highest BCUT2D eigenvalue weighted by Gasteiger charge is 2.52. The summed E-state index contributed by atoms with van der Waals surface area (Å²) in [6.07, 6.45) is 3.19. The van der Waals surface area contributed by atoms with E-state index in [0.29, 0.717) is 53.8 Å². The zero-order chi connectivity index (χ0) is 31.5. The van der Waals surface area contributed by atoms with E-state index in [4.69, 9.17) is 0 Å². The number of benzene rings is 1. The van der Waals surface area contributed by atoms with Gasteiger partial charge in [0.2, 0.25) is 5.91 Å². The number of amides is 2. The number of halogens is 1. The van der Waals surface area contributed by atoms with Gasteiger partial charge in [0.1, 0.15) is 11.9 Å². The Balaban J connectivity index is 1.58. The maximum atomic E-state index is 14.2. The lowest BCUT2D eigenvalue weighted by Gasteiger charge is -2.42. The molecule has 1 aromatic carbocycles. The number of hydrogen-bond donors (Lipinski definition) is 3. The van der Waals surface area contributed by atoms with Crippen LogP contribution in [-0.2, 0) is 16.0 Å². The highest BCUT2D eigenvalue weighted by atomic mass is 19.1. The van der Waals surface area contributed by atoms with Gasteiger partial charge >= 0.3 is 5.97 Å². The van der Waals surface area contributed by atoms with Gasteiger partial charge in [0.15, 0.2) is 0 Å². The van der Waals surface area contributed by atoms with Crippen LogP contribution in [0.5, 0.6) is 0 Å². The van der Waals surface area contributed by atoms with Crippen LogP contribution in [0.2, 0.25) is 0 Å². The smallest absolute Gasteiger partial charge is 0.311 e. The fourth-order valence-electron chi connectivity index (χ4n) is 6.22. The van der Waals surface area contributed by atoms with Crippen LogP contribution in [0.1, 0.15) is 90.9 Å². The highest BCUT2D eigenvalue weighted by Crippen LogP contribution is 2.47. The van der Waals surface area contributed by atoms with Crippen molar-refractivity contribution in [2.45, 2.75) is 84.8 Å². The third-order valence-corrected chi connectivity index (χ3v) is 8.73. The van der Waals surface area contributed by atoms with Crippen molar-refractivity contribution in [3.05, 3.63) is 92.4 Å². The van der Waals surface area contributed by atoms with Crippen LogP contribution < -0.4 is 10.9 Å². The molecule has 11 heteroatoms. The monoisotopic (exact) mass is 591 g/mol. The van der Waals surface area contributed by atoms with E-state index < -0.39 is 47.1 Å². The van der Waals surface area contributed by atoms with Crippen molar-refractivity contribution in [3.8, 4) is 0 Å². The number of aromatic nitrogens is 3. The molecule has 10 nitrogen and oxygen atoms in total. The van der Waals surface area contributed by atoms with Crippen LogP contribution in [0.25, 0.3) is 0 Å². The van der Waals surface area contributed by atoms with Crippen molar-refractivity contribution >= 4 is 17.8 Å². The van der Waals surface area contributed by atoms with Gasteiger partial charge in [-0.1, -0.05) is 26.0 Å². The van der Waals surface area contributed by atoms with Crippen molar-refractivity contribution in [3.63, 3.8) is 0 Å². The number of nitrogens with zero attached hydrogens (tertiary/aromatic N) is 3. The summed E-state index contributed by atoms with van der Waals surface area (Å²) in [5.41, 5.74) is 1.82. The molecule has 228 valence electrons. The Kier molecular flexibility index (Phi) is 9.42. The van der Waals surface area contributed by atoms with Gasteiger partial charge in [-0.05, 0) is 81.8 Å². The molecule has 4 rings (SSSR count). The first kappa shape index (κ1) is 31.5. The summed E-state index contributed by atoms with van der Waals surface area (Å²) >= 11 is 0. The number of hydrogen-bond acceptors (Lipinski definition) is 6. The van der Waals surface area contributed by atoms with Crippen molar-refractivity contribution < 1.29 is 23.9 Å². The number of pyridine rings is 1. The molecule has 3 N–H and O–H groups in total. The quantitative estimate of drug-likeness (QED) is 0.320. The van der Waals surface area contributed by atoms with Crippen molar-refractivity contribution in [1.82, 2.24) is 25.4 Å². The van der Waals surface area contributed by atoms with Gasteiger partial charge in [-0.25, -0.2) is 9.49 Å². The Morgan fingerprint density at radius 1 is 1.16 bits per heavy atom. The van der Waals surface area contributed by atoms with E-state index in [0.717, 1.165) is 0 Å². The number of aryl methyl sites for hydroxylation is 2. The van der Waals surface area contributed by atoms with Crippen LogP contribution in [0.15, 0.2) is 47.4 Å². The molecule has 1 aliphatic rings. The second-order valence-electron chi connectivity index (χ2n) is 11.3. The molecule has 3 aromatic rings. The number of carboxylic acids is 1. The number of likely N-dealkylation sites (tertiary alicyclic amines) is 1. The minimum atomic E-state index is -1.19. The average Bonchev–Trinajstić information content (AvgIpc) is 3.41. The summed E-state index contributed by atoms with van der Waals surface area (Å²) in [5, 5.41) is 19.4. The molecule has 2 amide bonds. The number of aromatic amines is 1. The Morgan fingerprint density at radius 3 is 2.51 bits per heavy atom. The van der Waals surface area contributed by atoms with Crippen LogP contribution in [0.4, 0.5) is 4.39 Å². The summed E-state index contributed by atoms with van der Waals surface area (Å²) in [5.74, 6) is -2.39. The first-order valence-corrected chi connectivity index (χ1v) is 14.5. The van der Waals surface area contributed by atoms with Crippen molar-refractivity contribution in [2.24, 2.45) is 5.41 Å². The maximum Gasteiger partial charge on any atom is 0.311 e. The molecule has 0 bridgehead atoms. The zero-order valence-corrected chi connectivity index (χ0v) is 25.1. The molecule has 0 radical (unpaired) electrons. The predicted octanol–water partition coefficient (Wildman–Crippen LogP) is 4.25. The number of H-pyrrole nitrogens is 1. The molecule has 1 saturated heterocycles. The van der Waals surface area contributed by atoms with Crippen LogP contribution in [-0.4, -0.2) is 55.1 Å². The predicted molar refractivity (Wildman–Crippen MR) is 158 cm³/mol. The number of aliphatic carboxylic acids is 1. The molecule has 1 fully saturated rings. The second kappa shape index (κ2) is 12.8. The van der Waals surface area contributed by atoms with E-state index in [2.05, 4.69) is 20.5 Å². The summed E-state index contributed by atoms with van der Waals surface area (Å²) in [6, 6.07) is 7.16. The molecule has 0 spiro atoms. The first-order chi connectivity index (χ1) is 20.4. The number of carboxylic acid groups (broad SMARTS) is 1. The third-order valence-electron chi connectivity index (χ3n) is 8.73. The standard InChI is InChI=1S/C32H38FN5O5/c1-6-32(7-2,31(42)43)27-12-11-26(21-9-8-10-24(33)15-21)38(27)30(41)20(5)35-28(39)23-13-18(3)25(34-17-23)16-22-14-19(4)36-37-29(22)40/h8-10,13-15,17,20,26-27H,6-7,11-12,16H2,1-5H3,(H,35,39)(H,37,40)(H,42,43)/t20-,26+,27-/m1/s1. The average molecular weight is 592 g/mol. The van der Waals surface area contributed by atoms with Gasteiger partial charge in [-0.15, -0.1) is 0 Å². The fraction of sp³-hybridized carbons (Fsp3) is 0.438.